The molecule has 0 bridgehead atoms. The van der Waals surface area contributed by atoms with E-state index in [-0.39, 0.29) is 11.8 Å². The lowest BCUT2D eigenvalue weighted by atomic mass is 9.97. The molecule has 0 spiro atoms. The first kappa shape index (κ1) is 17.7. The van der Waals surface area contributed by atoms with Gasteiger partial charge in [0.1, 0.15) is 10.8 Å². The van der Waals surface area contributed by atoms with Crippen molar-refractivity contribution in [3.63, 3.8) is 0 Å². The van der Waals surface area contributed by atoms with Gasteiger partial charge >= 0.3 is 0 Å². The van der Waals surface area contributed by atoms with Crippen LogP contribution in [0.1, 0.15) is 44.0 Å². The number of aryl methyl sites for hydroxylation is 1. The Hall–Kier alpha value is -2.09. The zero-order chi connectivity index (χ0) is 17.5. The second-order valence-electron chi connectivity index (χ2n) is 6.30. The summed E-state index contributed by atoms with van der Waals surface area (Å²) < 4.78 is 0. The first-order valence-corrected chi connectivity index (χ1v) is 9.72. The predicted octanol–water partition coefficient (Wildman–Crippen LogP) is 2.92. The molecule has 1 saturated heterocycles. The molecule has 3 rings (SSSR count). The zero-order valence-corrected chi connectivity index (χ0v) is 15.3. The number of nitrogens with zero attached hydrogens (tertiary/aromatic N) is 5. The highest BCUT2D eigenvalue weighted by Gasteiger charge is 2.27. The van der Waals surface area contributed by atoms with Crippen molar-refractivity contribution in [3.8, 4) is 0 Å². The molecule has 1 aliphatic rings. The molecule has 3 heterocycles. The van der Waals surface area contributed by atoms with Crippen molar-refractivity contribution in [3.05, 3.63) is 23.6 Å². The first-order chi connectivity index (χ1) is 12.3. The number of aromatic nitrogens is 4. The summed E-state index contributed by atoms with van der Waals surface area (Å²) in [6.45, 7) is 3.75. The van der Waals surface area contributed by atoms with Crippen LogP contribution in [-0.2, 0) is 11.2 Å². The molecule has 0 aromatic carbocycles. The van der Waals surface area contributed by atoms with Gasteiger partial charge in [0.25, 0.3) is 0 Å². The highest BCUT2D eigenvalue weighted by Crippen LogP contribution is 2.23. The van der Waals surface area contributed by atoms with E-state index in [1.807, 2.05) is 0 Å². The summed E-state index contributed by atoms with van der Waals surface area (Å²) in [6, 6.07) is 0. The predicted molar refractivity (Wildman–Crippen MR) is 98.7 cm³/mol. The van der Waals surface area contributed by atoms with Gasteiger partial charge in [0.05, 0.1) is 12.1 Å². The molecule has 1 N–H and O–H groups in total. The number of hydrogen-bond donors (Lipinski definition) is 1. The molecule has 0 unspecified atom stereocenters. The second-order valence-corrected chi connectivity index (χ2v) is 7.36. The molecule has 1 fully saturated rings. The lowest BCUT2D eigenvalue weighted by Crippen LogP contribution is -2.41. The number of carbonyl (C=O) groups is 1. The summed E-state index contributed by atoms with van der Waals surface area (Å²) in [5.74, 6) is 0.780. The van der Waals surface area contributed by atoms with E-state index in [1.165, 1.54) is 24.2 Å². The van der Waals surface area contributed by atoms with Crippen LogP contribution in [0.2, 0.25) is 0 Å². The Morgan fingerprint density at radius 2 is 2.28 bits per heavy atom. The lowest BCUT2D eigenvalue weighted by Gasteiger charge is -2.32. The highest BCUT2D eigenvalue weighted by molar-refractivity contribution is 7.15. The van der Waals surface area contributed by atoms with Gasteiger partial charge in [-0.05, 0) is 19.3 Å². The monoisotopic (exact) mass is 360 g/mol. The number of nitrogens with one attached hydrogen (secondary N) is 1. The minimum atomic E-state index is -0.0665. The van der Waals surface area contributed by atoms with Gasteiger partial charge in [0.2, 0.25) is 11.0 Å². The number of unbranched alkanes of at least 4 members (excludes halogenated alkanes) is 2. The van der Waals surface area contributed by atoms with Crippen molar-refractivity contribution in [1.29, 1.82) is 0 Å². The first-order valence-electron chi connectivity index (χ1n) is 8.90. The summed E-state index contributed by atoms with van der Waals surface area (Å²) in [5, 5.41) is 12.8. The van der Waals surface area contributed by atoms with Crippen LogP contribution in [0.5, 0.6) is 0 Å². The number of carbonyl (C=O) groups excluding carboxylic acids is 1. The van der Waals surface area contributed by atoms with Crippen LogP contribution < -0.4 is 10.2 Å². The third-order valence-electron chi connectivity index (χ3n) is 4.36. The average Bonchev–Trinajstić information content (AvgIpc) is 3.10. The minimum Gasteiger partial charge on any atom is -0.355 e. The van der Waals surface area contributed by atoms with Crippen LogP contribution in [0, 0.1) is 5.92 Å². The van der Waals surface area contributed by atoms with E-state index in [2.05, 4.69) is 37.3 Å². The number of piperidine rings is 1. The van der Waals surface area contributed by atoms with Gasteiger partial charge in [-0.3, -0.25) is 9.78 Å². The molecule has 2 aromatic rings. The van der Waals surface area contributed by atoms with Gasteiger partial charge in [0.15, 0.2) is 0 Å². The number of rotatable bonds is 7. The molecule has 2 aromatic heterocycles. The van der Waals surface area contributed by atoms with Crippen molar-refractivity contribution in [2.75, 3.05) is 23.3 Å². The van der Waals surface area contributed by atoms with Gasteiger partial charge in [-0.1, -0.05) is 31.1 Å². The largest absolute Gasteiger partial charge is 0.355 e. The summed E-state index contributed by atoms with van der Waals surface area (Å²) in [5.41, 5.74) is 0. The normalized spacial score (nSPS) is 17.5. The fourth-order valence-corrected chi connectivity index (χ4v) is 3.78. The number of hydrogen-bond acceptors (Lipinski definition) is 7. The molecule has 0 aliphatic carbocycles. The molecular formula is C17H24N6OS. The molecule has 134 valence electrons. The Bertz CT molecular complexity index is 677. The van der Waals surface area contributed by atoms with Crippen molar-refractivity contribution >= 4 is 28.2 Å². The maximum absolute atomic E-state index is 12.6. The van der Waals surface area contributed by atoms with Crippen molar-refractivity contribution in [2.45, 2.75) is 45.4 Å². The van der Waals surface area contributed by atoms with E-state index in [0.717, 1.165) is 43.1 Å². The lowest BCUT2D eigenvalue weighted by molar-refractivity contribution is -0.120. The van der Waals surface area contributed by atoms with Crippen LogP contribution >= 0.6 is 11.3 Å². The number of anilines is 2. The molecule has 1 atom stereocenters. The molecule has 0 saturated carbocycles. The molecule has 0 radical (unpaired) electrons. The highest BCUT2D eigenvalue weighted by atomic mass is 32.1. The van der Waals surface area contributed by atoms with Crippen LogP contribution in [0.3, 0.4) is 0 Å². The number of amides is 1. The minimum absolute atomic E-state index is 0.0184. The molecule has 8 heteroatoms. The van der Waals surface area contributed by atoms with Gasteiger partial charge < -0.3 is 10.2 Å². The zero-order valence-electron chi connectivity index (χ0n) is 14.5. The van der Waals surface area contributed by atoms with Gasteiger partial charge in [-0.15, -0.1) is 10.2 Å². The summed E-state index contributed by atoms with van der Waals surface area (Å²) >= 11 is 1.48. The van der Waals surface area contributed by atoms with E-state index in [4.69, 9.17) is 0 Å². The third kappa shape index (κ3) is 4.94. The second kappa shape index (κ2) is 8.84. The summed E-state index contributed by atoms with van der Waals surface area (Å²) in [7, 11) is 0. The molecule has 7 nitrogen and oxygen atoms in total. The quantitative estimate of drug-likeness (QED) is 0.764. The van der Waals surface area contributed by atoms with Crippen molar-refractivity contribution < 1.29 is 4.79 Å². The van der Waals surface area contributed by atoms with Crippen LogP contribution in [0.25, 0.3) is 0 Å². The van der Waals surface area contributed by atoms with E-state index in [0.29, 0.717) is 11.7 Å². The Balaban J connectivity index is 1.54. The Kier molecular flexibility index (Phi) is 6.27. The van der Waals surface area contributed by atoms with Gasteiger partial charge in [-0.25, -0.2) is 4.98 Å². The van der Waals surface area contributed by atoms with E-state index >= 15 is 0 Å². The summed E-state index contributed by atoms with van der Waals surface area (Å²) in [4.78, 5) is 23.1. The van der Waals surface area contributed by atoms with E-state index in [1.54, 1.807) is 18.6 Å². The summed E-state index contributed by atoms with van der Waals surface area (Å²) in [6.07, 6.45) is 11.4. The van der Waals surface area contributed by atoms with Crippen molar-refractivity contribution in [1.82, 2.24) is 20.2 Å². The molecule has 1 aliphatic heterocycles. The van der Waals surface area contributed by atoms with Gasteiger partial charge in [0, 0.05) is 31.9 Å². The van der Waals surface area contributed by atoms with E-state index < -0.39 is 0 Å². The Labute approximate surface area is 151 Å². The fourth-order valence-electron chi connectivity index (χ4n) is 2.99. The SMILES string of the molecule is CCCCCc1nnc(NC(=O)[C@@H]2CCCN(c3cnccn3)C2)s1. The maximum atomic E-state index is 12.6. The van der Waals surface area contributed by atoms with Crippen LogP contribution in [-0.4, -0.2) is 39.2 Å². The Morgan fingerprint density at radius 3 is 3.08 bits per heavy atom. The fraction of sp³-hybridized carbons (Fsp3) is 0.588. The third-order valence-corrected chi connectivity index (χ3v) is 5.26. The molecular weight excluding hydrogens is 336 g/mol. The maximum Gasteiger partial charge on any atom is 0.231 e. The average molecular weight is 360 g/mol. The molecule has 1 amide bonds. The van der Waals surface area contributed by atoms with E-state index in [9.17, 15) is 4.79 Å². The smallest absolute Gasteiger partial charge is 0.231 e. The van der Waals surface area contributed by atoms with Gasteiger partial charge in [-0.2, -0.15) is 0 Å². The topological polar surface area (TPSA) is 83.9 Å². The molecule has 25 heavy (non-hydrogen) atoms. The Morgan fingerprint density at radius 1 is 1.36 bits per heavy atom. The standard InChI is InChI=1S/C17H24N6OS/c1-2-3-4-7-15-21-22-17(25-15)20-16(24)13-6-5-10-23(12-13)14-11-18-8-9-19-14/h8-9,11,13H,2-7,10,12H2,1H3,(H,20,22,24)/t13-/m1/s1. The van der Waals surface area contributed by atoms with Crippen molar-refractivity contribution in [2.24, 2.45) is 5.92 Å². The van der Waals surface area contributed by atoms with Crippen LogP contribution in [0.4, 0.5) is 10.9 Å². The van der Waals surface area contributed by atoms with Crippen LogP contribution in [0.15, 0.2) is 18.6 Å².